The Morgan fingerprint density at radius 2 is 1.92 bits per heavy atom. The fourth-order valence-corrected chi connectivity index (χ4v) is 2.00. The Morgan fingerprint density at radius 1 is 1.24 bits per heavy atom. The van der Waals surface area contributed by atoms with Crippen LogP contribution in [0.25, 0.3) is 10.9 Å². The van der Waals surface area contributed by atoms with Gasteiger partial charge >= 0.3 is 6.18 Å². The number of rotatable bonds is 7. The van der Waals surface area contributed by atoms with Crippen molar-refractivity contribution in [2.24, 2.45) is 0 Å². The molecular weight excluding hydrogens is 343 g/mol. The molecule has 10 heteroatoms. The van der Waals surface area contributed by atoms with Crippen molar-refractivity contribution in [3.8, 4) is 11.5 Å². The Morgan fingerprint density at radius 3 is 2.48 bits per heavy atom. The predicted molar refractivity (Wildman–Crippen MR) is 81.7 cm³/mol. The minimum atomic E-state index is -4.59. The van der Waals surface area contributed by atoms with Gasteiger partial charge in [-0.15, -0.1) is 0 Å². The predicted octanol–water partition coefficient (Wildman–Crippen LogP) is 1.60. The first-order chi connectivity index (χ1) is 11.8. The van der Waals surface area contributed by atoms with E-state index in [-0.39, 0.29) is 22.4 Å². The zero-order chi connectivity index (χ0) is 18.6. The highest BCUT2D eigenvalue weighted by Crippen LogP contribution is 2.35. The standard InChI is InChI=1S/C15H16F3N3O4/c1-8(23)10(7-22)20-21-25-11-4-5-12(24-2)14-9(11)3-6-13(19-14)15(16,17)18/h3-8,10,20-21,23H,1-2H3. The van der Waals surface area contributed by atoms with Crippen molar-refractivity contribution in [3.05, 3.63) is 30.0 Å². The second-order valence-electron chi connectivity index (χ2n) is 5.11. The Labute approximate surface area is 140 Å². The lowest BCUT2D eigenvalue weighted by atomic mass is 10.1. The summed E-state index contributed by atoms with van der Waals surface area (Å²) in [5.41, 5.74) is 3.61. The third-order valence-corrected chi connectivity index (χ3v) is 3.34. The minimum absolute atomic E-state index is 0.0286. The van der Waals surface area contributed by atoms with Crippen LogP contribution < -0.4 is 20.6 Å². The molecule has 0 saturated carbocycles. The van der Waals surface area contributed by atoms with Crippen LogP contribution in [-0.2, 0) is 11.0 Å². The number of carbonyl (C=O) groups excluding carboxylic acids is 1. The molecule has 136 valence electrons. The summed E-state index contributed by atoms with van der Waals surface area (Å²) < 4.78 is 43.6. The first-order valence-corrected chi connectivity index (χ1v) is 7.13. The van der Waals surface area contributed by atoms with Crippen molar-refractivity contribution in [2.45, 2.75) is 25.2 Å². The van der Waals surface area contributed by atoms with Gasteiger partial charge in [0.25, 0.3) is 0 Å². The first kappa shape index (κ1) is 18.9. The van der Waals surface area contributed by atoms with E-state index in [0.29, 0.717) is 6.29 Å². The summed E-state index contributed by atoms with van der Waals surface area (Å²) in [5.74, 6) is 0.302. The van der Waals surface area contributed by atoms with Gasteiger partial charge in [0.15, 0.2) is 5.75 Å². The number of carbonyl (C=O) groups is 1. The molecule has 0 saturated heterocycles. The molecule has 0 radical (unpaired) electrons. The SMILES string of the molecule is COc1ccc(ONNC(C=O)C(C)O)c2ccc(C(F)(F)F)nc12. The van der Waals surface area contributed by atoms with Crippen LogP contribution >= 0.6 is 0 Å². The summed E-state index contributed by atoms with van der Waals surface area (Å²) in [4.78, 5) is 19.6. The lowest BCUT2D eigenvalue weighted by Gasteiger charge is -2.17. The van der Waals surface area contributed by atoms with Crippen molar-refractivity contribution < 1.29 is 32.6 Å². The summed E-state index contributed by atoms with van der Waals surface area (Å²) in [6.07, 6.45) is -5.09. The number of methoxy groups -OCH3 is 1. The third-order valence-electron chi connectivity index (χ3n) is 3.34. The molecule has 25 heavy (non-hydrogen) atoms. The Bertz CT molecular complexity index is 753. The van der Waals surface area contributed by atoms with Crippen molar-refractivity contribution in [2.75, 3.05) is 7.11 Å². The molecule has 0 aliphatic heterocycles. The number of alkyl halides is 3. The molecule has 2 atom stereocenters. The topological polar surface area (TPSA) is 92.7 Å². The molecule has 2 aromatic rings. The molecule has 1 aromatic heterocycles. The van der Waals surface area contributed by atoms with Gasteiger partial charge in [0.05, 0.1) is 13.2 Å². The van der Waals surface area contributed by atoms with Gasteiger partial charge in [-0.3, -0.25) is 0 Å². The van der Waals surface area contributed by atoms with Crippen LogP contribution in [0.4, 0.5) is 13.2 Å². The maximum atomic E-state index is 12.8. The molecular formula is C15H16F3N3O4. The number of aliphatic hydroxyl groups is 1. The first-order valence-electron chi connectivity index (χ1n) is 7.13. The van der Waals surface area contributed by atoms with Crippen molar-refractivity contribution >= 4 is 17.2 Å². The Kier molecular flexibility index (Phi) is 5.77. The van der Waals surface area contributed by atoms with E-state index in [1.165, 1.54) is 32.2 Å². The van der Waals surface area contributed by atoms with Crippen molar-refractivity contribution in [3.63, 3.8) is 0 Å². The minimum Gasteiger partial charge on any atom is -0.494 e. The largest absolute Gasteiger partial charge is 0.494 e. The lowest BCUT2D eigenvalue weighted by Crippen LogP contribution is -2.48. The van der Waals surface area contributed by atoms with Gasteiger partial charge in [-0.1, -0.05) is 5.59 Å². The van der Waals surface area contributed by atoms with Crippen molar-refractivity contribution in [1.82, 2.24) is 16.0 Å². The molecule has 2 rings (SSSR count). The van der Waals surface area contributed by atoms with E-state index >= 15 is 0 Å². The number of hydrogen-bond donors (Lipinski definition) is 3. The quantitative estimate of drug-likeness (QED) is 0.511. The number of halogens is 3. The highest BCUT2D eigenvalue weighted by Gasteiger charge is 2.33. The van der Waals surface area contributed by atoms with E-state index in [0.717, 1.165) is 6.07 Å². The highest BCUT2D eigenvalue weighted by atomic mass is 19.4. The van der Waals surface area contributed by atoms with E-state index in [9.17, 15) is 23.1 Å². The van der Waals surface area contributed by atoms with E-state index in [1.54, 1.807) is 0 Å². The van der Waals surface area contributed by atoms with E-state index < -0.39 is 24.0 Å². The summed E-state index contributed by atoms with van der Waals surface area (Å²) in [6, 6.07) is 3.96. The normalized spacial score (nSPS) is 14.2. The average Bonchev–Trinajstić information content (AvgIpc) is 2.57. The fraction of sp³-hybridized carbons (Fsp3) is 0.333. The smallest absolute Gasteiger partial charge is 0.433 e. The zero-order valence-electron chi connectivity index (χ0n) is 13.3. The van der Waals surface area contributed by atoms with Gasteiger partial charge < -0.3 is 19.5 Å². The molecule has 1 aromatic carbocycles. The van der Waals surface area contributed by atoms with Crippen LogP contribution in [0.1, 0.15) is 12.6 Å². The van der Waals surface area contributed by atoms with Crippen molar-refractivity contribution in [1.29, 1.82) is 0 Å². The number of nitrogens with zero attached hydrogens (tertiary/aromatic N) is 1. The van der Waals surface area contributed by atoms with Crippen LogP contribution in [0.5, 0.6) is 11.5 Å². The molecule has 0 aliphatic carbocycles. The number of aliphatic hydroxyl groups excluding tert-OH is 1. The number of hydrazine groups is 1. The maximum Gasteiger partial charge on any atom is 0.433 e. The van der Waals surface area contributed by atoms with Crippen LogP contribution in [0.15, 0.2) is 24.3 Å². The number of benzene rings is 1. The van der Waals surface area contributed by atoms with Crippen LogP contribution in [0.3, 0.4) is 0 Å². The van der Waals surface area contributed by atoms with Gasteiger partial charge in [0.2, 0.25) is 0 Å². The Hall–Kier alpha value is -2.43. The molecule has 0 fully saturated rings. The monoisotopic (exact) mass is 359 g/mol. The number of pyridine rings is 1. The maximum absolute atomic E-state index is 12.8. The second kappa shape index (κ2) is 7.64. The van der Waals surface area contributed by atoms with Crippen LogP contribution in [0.2, 0.25) is 0 Å². The molecule has 0 aliphatic rings. The number of hydrogen-bond acceptors (Lipinski definition) is 7. The molecule has 0 bridgehead atoms. The zero-order valence-corrected chi connectivity index (χ0v) is 13.3. The highest BCUT2D eigenvalue weighted by molar-refractivity contribution is 5.90. The van der Waals surface area contributed by atoms with Crippen LogP contribution in [-0.4, -0.2) is 35.6 Å². The number of fused-ring (bicyclic) bond motifs is 1. The van der Waals surface area contributed by atoms with Gasteiger partial charge in [-0.2, -0.15) is 13.2 Å². The third kappa shape index (κ3) is 4.35. The molecule has 1 heterocycles. The molecule has 0 amide bonds. The summed E-state index contributed by atoms with van der Waals surface area (Å²) in [5, 5.41) is 9.60. The van der Waals surface area contributed by atoms with Gasteiger partial charge in [-0.25, -0.2) is 10.4 Å². The molecule has 0 spiro atoms. The van der Waals surface area contributed by atoms with Gasteiger partial charge in [0, 0.05) is 5.39 Å². The molecule has 2 unspecified atom stereocenters. The molecule has 3 N–H and O–H groups in total. The van der Waals surface area contributed by atoms with E-state index in [4.69, 9.17) is 9.57 Å². The average molecular weight is 359 g/mol. The Balaban J connectivity index is 2.31. The van der Waals surface area contributed by atoms with E-state index in [1.807, 2.05) is 0 Å². The number of ether oxygens (including phenoxy) is 1. The van der Waals surface area contributed by atoms with Gasteiger partial charge in [0.1, 0.15) is 29.3 Å². The van der Waals surface area contributed by atoms with E-state index in [2.05, 4.69) is 16.0 Å². The number of nitrogens with one attached hydrogen (secondary N) is 2. The summed E-state index contributed by atoms with van der Waals surface area (Å²) in [7, 11) is 1.31. The lowest BCUT2D eigenvalue weighted by molar-refractivity contribution is -0.141. The number of aldehydes is 1. The summed E-state index contributed by atoms with van der Waals surface area (Å²) in [6.45, 7) is 1.40. The molecule has 7 nitrogen and oxygen atoms in total. The van der Waals surface area contributed by atoms with Crippen LogP contribution in [0, 0.1) is 0 Å². The number of aromatic nitrogens is 1. The summed E-state index contributed by atoms with van der Waals surface area (Å²) >= 11 is 0. The van der Waals surface area contributed by atoms with Gasteiger partial charge in [-0.05, 0) is 31.2 Å². The fourth-order valence-electron chi connectivity index (χ4n) is 2.00. The second-order valence-corrected chi connectivity index (χ2v) is 5.11.